The number of allylic oxidation sites excluding steroid dienone is 2. The van der Waals surface area contributed by atoms with Crippen LogP contribution in [0.5, 0.6) is 5.75 Å². The third-order valence-corrected chi connectivity index (χ3v) is 4.55. The lowest BCUT2D eigenvalue weighted by atomic mass is 10.2. The van der Waals surface area contributed by atoms with Gasteiger partial charge in [0.15, 0.2) is 0 Å². The summed E-state index contributed by atoms with van der Waals surface area (Å²) in [4.78, 5) is 12.4. The molecule has 0 spiro atoms. The van der Waals surface area contributed by atoms with Gasteiger partial charge in [0.25, 0.3) is 5.91 Å². The molecule has 0 bridgehead atoms. The highest BCUT2D eigenvalue weighted by Gasteiger charge is 2.12. The van der Waals surface area contributed by atoms with Crippen molar-refractivity contribution in [2.45, 2.75) is 58.9 Å². The Morgan fingerprint density at radius 1 is 1.18 bits per heavy atom. The van der Waals surface area contributed by atoms with Gasteiger partial charge < -0.3 is 10.1 Å². The minimum atomic E-state index is -0.115. The number of carbonyl (C=O) groups excluding carboxylic acids is 1. The number of unbranched alkanes of at least 4 members (excludes halogenated alkanes) is 3. The first kappa shape index (κ1) is 21.7. The minimum Gasteiger partial charge on any atom is -0.494 e. The van der Waals surface area contributed by atoms with E-state index in [1.807, 2.05) is 37.3 Å². The first-order chi connectivity index (χ1) is 13.6. The van der Waals surface area contributed by atoms with E-state index in [-0.39, 0.29) is 5.91 Å². The molecule has 2 rings (SSSR count). The summed E-state index contributed by atoms with van der Waals surface area (Å²) in [5, 5.41) is 7.28. The van der Waals surface area contributed by atoms with Crippen LogP contribution in [0.1, 0.15) is 67.7 Å². The van der Waals surface area contributed by atoms with E-state index in [1.54, 1.807) is 11.7 Å². The molecule has 0 aliphatic rings. The summed E-state index contributed by atoms with van der Waals surface area (Å²) < 4.78 is 7.47. The maximum Gasteiger partial charge on any atom is 0.269 e. The zero-order valence-corrected chi connectivity index (χ0v) is 17.4. The topological polar surface area (TPSA) is 56.1 Å². The monoisotopic (exact) mass is 383 g/mol. The third-order valence-electron chi connectivity index (χ3n) is 4.55. The quantitative estimate of drug-likeness (QED) is 0.422. The van der Waals surface area contributed by atoms with Gasteiger partial charge in [0.2, 0.25) is 0 Å². The fourth-order valence-corrected chi connectivity index (χ4v) is 2.88. The van der Waals surface area contributed by atoms with E-state index in [2.05, 4.69) is 29.5 Å². The fraction of sp³-hybridized carbons (Fsp3) is 0.478. The molecule has 0 aliphatic heterocycles. The highest BCUT2D eigenvalue weighted by molar-refractivity contribution is 5.92. The molecule has 1 amide bonds. The number of rotatable bonds is 12. The number of amides is 1. The van der Waals surface area contributed by atoms with Gasteiger partial charge >= 0.3 is 0 Å². The van der Waals surface area contributed by atoms with Gasteiger partial charge in [-0.25, -0.2) is 0 Å². The summed E-state index contributed by atoms with van der Waals surface area (Å²) >= 11 is 0. The Kier molecular flexibility index (Phi) is 9.32. The van der Waals surface area contributed by atoms with Crippen molar-refractivity contribution in [3.8, 4) is 5.75 Å². The molecule has 5 heteroatoms. The second-order valence-corrected chi connectivity index (χ2v) is 6.93. The summed E-state index contributed by atoms with van der Waals surface area (Å²) in [5.41, 5.74) is 2.52. The van der Waals surface area contributed by atoms with Gasteiger partial charge in [-0.3, -0.25) is 9.48 Å². The molecule has 0 atom stereocenters. The molecule has 1 heterocycles. The summed E-state index contributed by atoms with van der Waals surface area (Å²) in [5.74, 6) is 0.728. The van der Waals surface area contributed by atoms with Crippen LogP contribution in [0.25, 0.3) is 0 Å². The predicted molar refractivity (Wildman–Crippen MR) is 114 cm³/mol. The van der Waals surface area contributed by atoms with Gasteiger partial charge in [0.05, 0.1) is 12.3 Å². The van der Waals surface area contributed by atoms with E-state index >= 15 is 0 Å². The SMILES string of the molecule is CCCCC=CCCCOc1cccc(CNC(=O)c2cc(CC)nn2C)c1. The van der Waals surface area contributed by atoms with Crippen LogP contribution in [-0.2, 0) is 20.0 Å². The van der Waals surface area contributed by atoms with Gasteiger partial charge in [0.1, 0.15) is 11.4 Å². The van der Waals surface area contributed by atoms with Crippen LogP contribution in [0.2, 0.25) is 0 Å². The van der Waals surface area contributed by atoms with E-state index in [0.29, 0.717) is 18.8 Å². The lowest BCUT2D eigenvalue weighted by molar-refractivity contribution is 0.0941. The number of hydrogen-bond donors (Lipinski definition) is 1. The Labute approximate surface area is 168 Å². The maximum atomic E-state index is 12.4. The molecule has 0 aliphatic carbocycles. The van der Waals surface area contributed by atoms with Gasteiger partial charge in [-0.1, -0.05) is 51.0 Å². The van der Waals surface area contributed by atoms with Crippen molar-refractivity contribution >= 4 is 5.91 Å². The number of nitrogens with zero attached hydrogens (tertiary/aromatic N) is 2. The molecule has 0 unspecified atom stereocenters. The van der Waals surface area contributed by atoms with Crippen LogP contribution in [0.3, 0.4) is 0 Å². The van der Waals surface area contributed by atoms with Crippen molar-refractivity contribution in [2.75, 3.05) is 6.61 Å². The Hall–Kier alpha value is -2.56. The molecule has 1 aromatic carbocycles. The number of aromatic nitrogens is 2. The number of carbonyl (C=O) groups is 1. The second kappa shape index (κ2) is 12.0. The molecular formula is C23H33N3O2. The zero-order valence-electron chi connectivity index (χ0n) is 17.4. The highest BCUT2D eigenvalue weighted by atomic mass is 16.5. The molecule has 152 valence electrons. The molecule has 0 saturated carbocycles. The van der Waals surface area contributed by atoms with E-state index in [0.717, 1.165) is 36.3 Å². The normalized spacial score (nSPS) is 11.1. The minimum absolute atomic E-state index is 0.115. The Morgan fingerprint density at radius 2 is 1.96 bits per heavy atom. The van der Waals surface area contributed by atoms with Crippen LogP contribution < -0.4 is 10.1 Å². The van der Waals surface area contributed by atoms with Crippen molar-refractivity contribution < 1.29 is 9.53 Å². The van der Waals surface area contributed by atoms with E-state index < -0.39 is 0 Å². The predicted octanol–water partition coefficient (Wildman–Crippen LogP) is 4.82. The van der Waals surface area contributed by atoms with Crippen LogP contribution >= 0.6 is 0 Å². The summed E-state index contributed by atoms with van der Waals surface area (Å²) in [6.45, 7) is 5.39. The van der Waals surface area contributed by atoms with Crippen molar-refractivity contribution in [2.24, 2.45) is 7.05 Å². The lowest BCUT2D eigenvalue weighted by Gasteiger charge is -2.09. The van der Waals surface area contributed by atoms with Crippen molar-refractivity contribution in [1.29, 1.82) is 0 Å². The van der Waals surface area contributed by atoms with Crippen LogP contribution in [0, 0.1) is 0 Å². The first-order valence-electron chi connectivity index (χ1n) is 10.3. The average Bonchev–Trinajstić information content (AvgIpc) is 3.09. The smallest absolute Gasteiger partial charge is 0.269 e. The summed E-state index contributed by atoms with van der Waals surface area (Å²) in [6, 6.07) is 9.73. The molecule has 0 fully saturated rings. The van der Waals surface area contributed by atoms with Gasteiger partial charge in [-0.05, 0) is 49.4 Å². The van der Waals surface area contributed by atoms with Crippen LogP contribution in [0.15, 0.2) is 42.5 Å². The molecule has 0 saturated heterocycles. The van der Waals surface area contributed by atoms with Gasteiger partial charge in [-0.2, -0.15) is 5.10 Å². The molecule has 2 aromatic rings. The number of hydrogen-bond acceptors (Lipinski definition) is 3. The molecule has 0 radical (unpaired) electrons. The number of nitrogens with one attached hydrogen (secondary N) is 1. The summed E-state index contributed by atoms with van der Waals surface area (Å²) in [7, 11) is 1.79. The number of benzene rings is 1. The Bertz CT molecular complexity index is 765. The van der Waals surface area contributed by atoms with Gasteiger partial charge in [-0.15, -0.1) is 0 Å². The van der Waals surface area contributed by atoms with E-state index in [9.17, 15) is 4.79 Å². The third kappa shape index (κ3) is 7.22. The maximum absolute atomic E-state index is 12.4. The van der Waals surface area contributed by atoms with E-state index in [1.165, 1.54) is 19.3 Å². The summed E-state index contributed by atoms with van der Waals surface area (Å²) in [6.07, 6.45) is 11.0. The number of ether oxygens (including phenoxy) is 1. The molecule has 28 heavy (non-hydrogen) atoms. The lowest BCUT2D eigenvalue weighted by Crippen LogP contribution is -2.25. The fourth-order valence-electron chi connectivity index (χ4n) is 2.88. The molecule has 1 N–H and O–H groups in total. The van der Waals surface area contributed by atoms with Crippen molar-refractivity contribution in [3.63, 3.8) is 0 Å². The highest BCUT2D eigenvalue weighted by Crippen LogP contribution is 2.14. The Balaban J connectivity index is 1.75. The molecular weight excluding hydrogens is 350 g/mol. The van der Waals surface area contributed by atoms with Crippen LogP contribution in [0.4, 0.5) is 0 Å². The standard InChI is InChI=1S/C23H33N3O2/c1-4-6-7-8-9-10-11-15-28-21-14-12-13-19(16-21)18-24-23(27)22-17-20(5-2)25-26(22)3/h8-9,12-14,16-17H,4-7,10-11,15,18H2,1-3H3,(H,24,27). The van der Waals surface area contributed by atoms with Gasteiger partial charge in [0, 0.05) is 13.6 Å². The number of aryl methyl sites for hydroxylation is 2. The van der Waals surface area contributed by atoms with Crippen molar-refractivity contribution in [1.82, 2.24) is 15.1 Å². The van der Waals surface area contributed by atoms with Crippen molar-refractivity contribution in [3.05, 3.63) is 59.4 Å². The zero-order chi connectivity index (χ0) is 20.2. The average molecular weight is 384 g/mol. The van der Waals surface area contributed by atoms with E-state index in [4.69, 9.17) is 4.74 Å². The molecule has 5 nitrogen and oxygen atoms in total. The molecule has 1 aromatic heterocycles. The largest absolute Gasteiger partial charge is 0.494 e. The second-order valence-electron chi connectivity index (χ2n) is 6.93. The Morgan fingerprint density at radius 3 is 2.68 bits per heavy atom. The van der Waals surface area contributed by atoms with Crippen LogP contribution in [-0.4, -0.2) is 22.3 Å². The first-order valence-corrected chi connectivity index (χ1v) is 10.3.